The van der Waals surface area contributed by atoms with Crippen molar-refractivity contribution in [3.8, 4) is 17.0 Å². The topological polar surface area (TPSA) is 94.3 Å². The maximum absolute atomic E-state index is 14.2. The van der Waals surface area contributed by atoms with E-state index in [0.717, 1.165) is 39.0 Å². The summed E-state index contributed by atoms with van der Waals surface area (Å²) in [5.74, 6) is -0.777. The number of pyridine rings is 2. The van der Waals surface area contributed by atoms with Crippen molar-refractivity contribution in [3.05, 3.63) is 113 Å². The van der Waals surface area contributed by atoms with Crippen LogP contribution in [0.2, 0.25) is 0 Å². The maximum atomic E-state index is 14.2. The number of benzene rings is 2. The van der Waals surface area contributed by atoms with Crippen LogP contribution in [0.1, 0.15) is 79.6 Å². The molecule has 7 nitrogen and oxygen atoms in total. The molecule has 0 aliphatic rings. The number of carbonyl (C=O) groups is 2. The monoisotopic (exact) mass is 635 g/mol. The molecule has 0 saturated carbocycles. The maximum Gasteiger partial charge on any atom is 0.309 e. The van der Waals surface area contributed by atoms with Crippen LogP contribution in [0, 0.1) is 30.5 Å². The molecule has 3 aromatic heterocycles. The average Bonchev–Trinajstić information content (AvgIpc) is 3.29. The van der Waals surface area contributed by atoms with Crippen LogP contribution in [0.3, 0.4) is 0 Å². The van der Waals surface area contributed by atoms with Gasteiger partial charge in [0.1, 0.15) is 18.2 Å². The third-order valence-electron chi connectivity index (χ3n) is 8.41. The van der Waals surface area contributed by atoms with E-state index in [0.29, 0.717) is 35.7 Å². The minimum atomic E-state index is -1.13. The molecule has 0 amide bonds. The van der Waals surface area contributed by atoms with Crippen LogP contribution in [-0.2, 0) is 24.4 Å². The van der Waals surface area contributed by atoms with E-state index in [9.17, 15) is 19.1 Å². The normalized spacial score (nSPS) is 12.0. The Balaban J connectivity index is 1.61. The molecule has 0 fully saturated rings. The molecule has 0 radical (unpaired) electrons. The Kier molecular flexibility index (Phi) is 9.34. The molecule has 0 atom stereocenters. The van der Waals surface area contributed by atoms with Crippen LogP contribution in [0.25, 0.3) is 22.2 Å². The fourth-order valence-corrected chi connectivity index (χ4v) is 5.65. The highest BCUT2D eigenvalue weighted by Gasteiger charge is 2.34. The summed E-state index contributed by atoms with van der Waals surface area (Å²) < 4.78 is 21.7. The first-order chi connectivity index (χ1) is 22.1. The number of aryl methyl sites for hydroxylation is 2. The van der Waals surface area contributed by atoms with E-state index in [1.165, 1.54) is 12.3 Å². The van der Waals surface area contributed by atoms with E-state index in [1.54, 1.807) is 19.9 Å². The number of carbonyl (C=O) groups excluding carboxylic acids is 1. The number of rotatable bonds is 11. The Hall–Kier alpha value is -4.85. The first-order valence-electron chi connectivity index (χ1n) is 15.8. The van der Waals surface area contributed by atoms with Gasteiger partial charge in [-0.2, -0.15) is 0 Å². The lowest BCUT2D eigenvalue weighted by atomic mass is 9.83. The van der Waals surface area contributed by atoms with E-state index >= 15 is 0 Å². The van der Waals surface area contributed by atoms with Gasteiger partial charge in [0.2, 0.25) is 0 Å². The first kappa shape index (κ1) is 33.5. The summed E-state index contributed by atoms with van der Waals surface area (Å²) in [7, 11) is 0. The van der Waals surface area contributed by atoms with Gasteiger partial charge in [-0.25, -0.2) is 4.39 Å². The molecule has 2 aromatic carbocycles. The lowest BCUT2D eigenvalue weighted by Gasteiger charge is -2.23. The summed E-state index contributed by atoms with van der Waals surface area (Å²) in [5.41, 5.74) is 5.94. The molecule has 5 rings (SSSR count). The van der Waals surface area contributed by atoms with Crippen molar-refractivity contribution >= 4 is 22.7 Å². The SMILES string of the molecule is Cc1ccc(COc2ccc3c(c2)c(C(=O)CC(C)(C)C)c(CC(C)(C)C(=O)O)n3Cc2ccc(-c3ccc(F)cn3)cc2)nc1C. The van der Waals surface area contributed by atoms with E-state index in [-0.39, 0.29) is 24.2 Å². The van der Waals surface area contributed by atoms with Crippen LogP contribution in [0.15, 0.2) is 72.9 Å². The van der Waals surface area contributed by atoms with Crippen LogP contribution in [0.5, 0.6) is 5.75 Å². The van der Waals surface area contributed by atoms with Crippen molar-refractivity contribution in [3.63, 3.8) is 0 Å². The summed E-state index contributed by atoms with van der Waals surface area (Å²) in [6.07, 6.45) is 1.64. The highest BCUT2D eigenvalue weighted by Crippen LogP contribution is 2.37. The van der Waals surface area contributed by atoms with Crippen molar-refractivity contribution in [2.75, 3.05) is 0 Å². The molecule has 3 heterocycles. The Morgan fingerprint density at radius 1 is 0.936 bits per heavy atom. The number of carboxylic acids is 1. The number of nitrogens with zero attached hydrogens (tertiary/aromatic N) is 3. The van der Waals surface area contributed by atoms with Crippen LogP contribution in [0.4, 0.5) is 4.39 Å². The number of aliphatic carboxylic acids is 1. The molecular formula is C39H42FN3O4. The summed E-state index contributed by atoms with van der Waals surface area (Å²) in [4.78, 5) is 35.4. The van der Waals surface area contributed by atoms with Gasteiger partial charge < -0.3 is 14.4 Å². The van der Waals surface area contributed by atoms with E-state index in [2.05, 4.69) is 14.5 Å². The lowest BCUT2D eigenvalue weighted by molar-refractivity contribution is -0.146. The zero-order valence-electron chi connectivity index (χ0n) is 28.1. The number of halogens is 1. The van der Waals surface area contributed by atoms with Crippen LogP contribution < -0.4 is 4.74 Å². The van der Waals surface area contributed by atoms with E-state index < -0.39 is 17.2 Å². The number of ketones is 1. The Labute approximate surface area is 275 Å². The number of ether oxygens (including phenoxy) is 1. The number of hydrogen-bond donors (Lipinski definition) is 1. The van der Waals surface area contributed by atoms with Gasteiger partial charge >= 0.3 is 5.97 Å². The van der Waals surface area contributed by atoms with Crippen LogP contribution >= 0.6 is 0 Å². The highest BCUT2D eigenvalue weighted by atomic mass is 19.1. The van der Waals surface area contributed by atoms with Gasteiger partial charge in [-0.1, -0.05) is 51.1 Å². The quantitative estimate of drug-likeness (QED) is 0.146. The van der Waals surface area contributed by atoms with Crippen molar-refractivity contribution in [1.29, 1.82) is 0 Å². The number of fused-ring (bicyclic) bond motifs is 1. The molecule has 0 saturated heterocycles. The van der Waals surface area contributed by atoms with Crippen LogP contribution in [-0.4, -0.2) is 31.4 Å². The Bertz CT molecular complexity index is 1930. The number of carboxylic acid groups (broad SMARTS) is 1. The number of aromatic nitrogens is 3. The van der Waals surface area contributed by atoms with Gasteiger partial charge in [-0.3, -0.25) is 19.6 Å². The zero-order valence-corrected chi connectivity index (χ0v) is 28.1. The number of Topliss-reactive ketones (excluding diaryl/α,β-unsaturated/α-hetero) is 1. The summed E-state index contributed by atoms with van der Waals surface area (Å²) in [6.45, 7) is 14.1. The molecule has 5 aromatic rings. The van der Waals surface area contributed by atoms with Gasteiger partial charge in [-0.05, 0) is 80.6 Å². The Morgan fingerprint density at radius 3 is 2.28 bits per heavy atom. The second kappa shape index (κ2) is 13.1. The first-order valence-corrected chi connectivity index (χ1v) is 15.8. The second-order valence-corrected chi connectivity index (χ2v) is 14.2. The van der Waals surface area contributed by atoms with Gasteiger partial charge in [0.25, 0.3) is 0 Å². The van der Waals surface area contributed by atoms with Crippen molar-refractivity contribution in [1.82, 2.24) is 14.5 Å². The summed E-state index contributed by atoms with van der Waals surface area (Å²) in [5, 5.41) is 10.9. The van der Waals surface area contributed by atoms with Gasteiger partial charge in [0.05, 0.1) is 23.0 Å². The summed E-state index contributed by atoms with van der Waals surface area (Å²) >= 11 is 0. The minimum Gasteiger partial charge on any atom is -0.487 e. The summed E-state index contributed by atoms with van der Waals surface area (Å²) in [6, 6.07) is 20.5. The van der Waals surface area contributed by atoms with Crippen molar-refractivity contribution in [2.24, 2.45) is 10.8 Å². The predicted molar refractivity (Wildman–Crippen MR) is 182 cm³/mol. The molecule has 244 valence electrons. The molecule has 1 N–H and O–H groups in total. The third kappa shape index (κ3) is 7.76. The molecule has 0 aliphatic carbocycles. The molecule has 0 bridgehead atoms. The highest BCUT2D eigenvalue weighted by molar-refractivity contribution is 6.10. The molecule has 0 spiro atoms. The smallest absolute Gasteiger partial charge is 0.309 e. The van der Waals surface area contributed by atoms with Crippen molar-refractivity contribution in [2.45, 2.75) is 74.5 Å². The average molecular weight is 636 g/mol. The molecule has 0 aliphatic heterocycles. The van der Waals surface area contributed by atoms with E-state index in [4.69, 9.17) is 4.74 Å². The largest absolute Gasteiger partial charge is 0.487 e. The van der Waals surface area contributed by atoms with Crippen molar-refractivity contribution < 1.29 is 23.8 Å². The van der Waals surface area contributed by atoms with Gasteiger partial charge in [0, 0.05) is 52.8 Å². The zero-order chi connectivity index (χ0) is 34.1. The third-order valence-corrected chi connectivity index (χ3v) is 8.41. The fraction of sp³-hybridized carbons (Fsp3) is 0.333. The van der Waals surface area contributed by atoms with E-state index in [1.807, 2.05) is 89.2 Å². The molecule has 47 heavy (non-hydrogen) atoms. The van der Waals surface area contributed by atoms with Gasteiger partial charge in [0.15, 0.2) is 5.78 Å². The fourth-order valence-electron chi connectivity index (χ4n) is 5.65. The minimum absolute atomic E-state index is 0.0388. The predicted octanol–water partition coefficient (Wildman–Crippen LogP) is 8.75. The lowest BCUT2D eigenvalue weighted by Crippen LogP contribution is -2.28. The molecule has 0 unspecified atom stereocenters. The second-order valence-electron chi connectivity index (χ2n) is 14.2. The standard InChI is InChI=1S/C39H42FN3O4/c1-24-8-14-29(42-25(24)2)23-47-30-15-17-33-31(18-30)36(35(44)20-38(3,4)5)34(19-39(6,7)37(45)46)43(33)22-26-9-11-27(12-10-26)32-16-13-28(40)21-41-32/h8-18,21H,19-20,22-23H2,1-7H3,(H,45,46). The number of hydrogen-bond acceptors (Lipinski definition) is 5. The molecular weight excluding hydrogens is 593 g/mol. The van der Waals surface area contributed by atoms with Gasteiger partial charge in [-0.15, -0.1) is 0 Å². The molecule has 8 heteroatoms. The Morgan fingerprint density at radius 2 is 1.66 bits per heavy atom.